The Labute approximate surface area is 177 Å². The molecule has 2 aromatic rings. The van der Waals surface area contributed by atoms with E-state index in [1.807, 2.05) is 0 Å². The maximum Gasteiger partial charge on any atom is 0.337 e. The summed E-state index contributed by atoms with van der Waals surface area (Å²) in [5.41, 5.74) is 3.46. The first-order valence-electron chi connectivity index (χ1n) is 9.18. The summed E-state index contributed by atoms with van der Waals surface area (Å²) >= 11 is 0. The standard InChI is InChI=1S/C21H19N3O7/c1-30-20(28)13-9-14(21(29)31-2)11-15(10-13)22-19(27)12-3-5-16(6-4-12)24-18(26)8-7-17(25)23-24/h3-6,9-11H,7-8H2,1-2H3,(H,22,27)(H,23,25). The van der Waals surface area contributed by atoms with Gasteiger partial charge < -0.3 is 14.8 Å². The lowest BCUT2D eigenvalue weighted by Crippen LogP contribution is -2.50. The van der Waals surface area contributed by atoms with E-state index in [-0.39, 0.29) is 47.0 Å². The molecule has 31 heavy (non-hydrogen) atoms. The number of anilines is 2. The first-order valence-corrected chi connectivity index (χ1v) is 9.18. The van der Waals surface area contributed by atoms with Crippen molar-refractivity contribution < 1.29 is 33.4 Å². The van der Waals surface area contributed by atoms with E-state index in [0.717, 1.165) is 5.01 Å². The van der Waals surface area contributed by atoms with E-state index >= 15 is 0 Å². The minimum absolute atomic E-state index is 0.0652. The van der Waals surface area contributed by atoms with Crippen LogP contribution in [0.5, 0.6) is 0 Å². The third kappa shape index (κ3) is 4.86. The summed E-state index contributed by atoms with van der Waals surface area (Å²) < 4.78 is 9.34. The van der Waals surface area contributed by atoms with Crippen molar-refractivity contribution in [3.05, 3.63) is 59.2 Å². The molecular formula is C21H19N3O7. The molecular weight excluding hydrogens is 406 g/mol. The average Bonchev–Trinajstić information content (AvgIpc) is 2.79. The van der Waals surface area contributed by atoms with Crippen molar-refractivity contribution in [1.82, 2.24) is 5.43 Å². The van der Waals surface area contributed by atoms with Gasteiger partial charge in [-0.25, -0.2) is 14.6 Å². The minimum Gasteiger partial charge on any atom is -0.465 e. The van der Waals surface area contributed by atoms with Crippen molar-refractivity contribution in [2.24, 2.45) is 0 Å². The second-order valence-electron chi connectivity index (χ2n) is 6.55. The summed E-state index contributed by atoms with van der Waals surface area (Å²) in [7, 11) is 2.39. The van der Waals surface area contributed by atoms with Gasteiger partial charge in [0.05, 0.1) is 31.0 Å². The number of nitrogens with one attached hydrogen (secondary N) is 2. The largest absolute Gasteiger partial charge is 0.465 e. The van der Waals surface area contributed by atoms with Crippen molar-refractivity contribution >= 4 is 41.0 Å². The highest BCUT2D eigenvalue weighted by Gasteiger charge is 2.24. The highest BCUT2D eigenvalue weighted by atomic mass is 16.5. The molecule has 1 aliphatic rings. The topological polar surface area (TPSA) is 131 Å². The second kappa shape index (κ2) is 9.08. The van der Waals surface area contributed by atoms with Gasteiger partial charge in [0.2, 0.25) is 11.8 Å². The quantitative estimate of drug-likeness (QED) is 0.697. The molecule has 2 aromatic carbocycles. The van der Waals surface area contributed by atoms with E-state index in [9.17, 15) is 24.0 Å². The van der Waals surface area contributed by atoms with Crippen LogP contribution in [0, 0.1) is 0 Å². The van der Waals surface area contributed by atoms with Crippen LogP contribution in [0.1, 0.15) is 43.9 Å². The van der Waals surface area contributed by atoms with Crippen LogP contribution >= 0.6 is 0 Å². The number of hydrazine groups is 1. The average molecular weight is 425 g/mol. The first kappa shape index (κ1) is 21.5. The van der Waals surface area contributed by atoms with E-state index in [1.165, 1.54) is 56.7 Å². The van der Waals surface area contributed by atoms with Crippen LogP contribution in [0.2, 0.25) is 0 Å². The Morgan fingerprint density at radius 2 is 1.45 bits per heavy atom. The Morgan fingerprint density at radius 3 is 2.00 bits per heavy atom. The molecule has 2 N–H and O–H groups in total. The summed E-state index contributed by atoms with van der Waals surface area (Å²) in [5, 5.41) is 3.74. The summed E-state index contributed by atoms with van der Waals surface area (Å²) in [6, 6.07) is 10.0. The van der Waals surface area contributed by atoms with Crippen LogP contribution in [-0.2, 0) is 19.1 Å². The molecule has 3 amide bonds. The molecule has 3 rings (SSSR count). The minimum atomic E-state index is -0.682. The highest BCUT2D eigenvalue weighted by Crippen LogP contribution is 2.20. The number of amides is 3. The van der Waals surface area contributed by atoms with Gasteiger partial charge >= 0.3 is 11.9 Å². The van der Waals surface area contributed by atoms with Gasteiger partial charge in [0.1, 0.15) is 0 Å². The van der Waals surface area contributed by atoms with Crippen LogP contribution in [0.3, 0.4) is 0 Å². The smallest absolute Gasteiger partial charge is 0.337 e. The maximum absolute atomic E-state index is 12.6. The molecule has 0 aromatic heterocycles. The number of rotatable bonds is 5. The lowest BCUT2D eigenvalue weighted by atomic mass is 10.1. The Kier molecular flexibility index (Phi) is 6.29. The molecule has 10 heteroatoms. The summed E-state index contributed by atoms with van der Waals surface area (Å²) in [6.45, 7) is 0. The number of hydrogen-bond donors (Lipinski definition) is 2. The zero-order chi connectivity index (χ0) is 22.5. The SMILES string of the molecule is COC(=O)c1cc(NC(=O)c2ccc(N3NC(=O)CCC3=O)cc2)cc(C(=O)OC)c1. The van der Waals surface area contributed by atoms with Gasteiger partial charge in [0, 0.05) is 24.1 Å². The fourth-order valence-corrected chi connectivity index (χ4v) is 2.92. The number of nitrogens with zero attached hydrogens (tertiary/aromatic N) is 1. The monoisotopic (exact) mass is 425 g/mol. The Balaban J connectivity index is 1.81. The molecule has 0 atom stereocenters. The molecule has 1 saturated heterocycles. The third-order valence-corrected chi connectivity index (χ3v) is 4.47. The van der Waals surface area contributed by atoms with E-state index in [0.29, 0.717) is 5.69 Å². The Bertz CT molecular complexity index is 1030. The molecule has 10 nitrogen and oxygen atoms in total. The Hall–Kier alpha value is -4.21. The summed E-state index contributed by atoms with van der Waals surface area (Å²) in [6.07, 6.45) is 0.237. The zero-order valence-corrected chi connectivity index (χ0v) is 16.8. The molecule has 0 radical (unpaired) electrons. The predicted octanol–water partition coefficient (Wildman–Crippen LogP) is 1.67. The number of carbonyl (C=O) groups excluding carboxylic acids is 5. The third-order valence-electron chi connectivity index (χ3n) is 4.47. The lowest BCUT2D eigenvalue weighted by Gasteiger charge is -2.27. The van der Waals surface area contributed by atoms with Gasteiger partial charge in [0.25, 0.3) is 5.91 Å². The molecule has 0 unspecified atom stereocenters. The molecule has 1 fully saturated rings. The van der Waals surface area contributed by atoms with E-state index in [1.54, 1.807) is 0 Å². The van der Waals surface area contributed by atoms with Crippen LogP contribution in [0.25, 0.3) is 0 Å². The number of esters is 2. The van der Waals surface area contributed by atoms with E-state index in [2.05, 4.69) is 20.2 Å². The maximum atomic E-state index is 12.6. The number of hydrogen-bond acceptors (Lipinski definition) is 7. The molecule has 0 bridgehead atoms. The highest BCUT2D eigenvalue weighted by molar-refractivity contribution is 6.07. The first-order chi connectivity index (χ1) is 14.8. The number of methoxy groups -OCH3 is 2. The van der Waals surface area contributed by atoms with Crippen molar-refractivity contribution in [3.63, 3.8) is 0 Å². The van der Waals surface area contributed by atoms with Gasteiger partial charge in [-0.2, -0.15) is 0 Å². The van der Waals surface area contributed by atoms with Crippen LogP contribution in [0.15, 0.2) is 42.5 Å². The van der Waals surface area contributed by atoms with Gasteiger partial charge in [-0.05, 0) is 42.5 Å². The van der Waals surface area contributed by atoms with Gasteiger partial charge in [-0.3, -0.25) is 19.8 Å². The van der Waals surface area contributed by atoms with Crippen LogP contribution in [0.4, 0.5) is 11.4 Å². The number of carbonyl (C=O) groups is 5. The van der Waals surface area contributed by atoms with Gasteiger partial charge in [-0.15, -0.1) is 0 Å². The lowest BCUT2D eigenvalue weighted by molar-refractivity contribution is -0.130. The van der Waals surface area contributed by atoms with Crippen LogP contribution < -0.4 is 15.8 Å². The fraction of sp³-hybridized carbons (Fsp3) is 0.190. The zero-order valence-electron chi connectivity index (χ0n) is 16.8. The van der Waals surface area contributed by atoms with E-state index in [4.69, 9.17) is 0 Å². The van der Waals surface area contributed by atoms with Crippen molar-refractivity contribution in [1.29, 1.82) is 0 Å². The normalized spacial score (nSPS) is 13.3. The summed E-state index contributed by atoms with van der Waals surface area (Å²) in [5.74, 6) is -2.41. The van der Waals surface area contributed by atoms with Crippen molar-refractivity contribution in [2.75, 3.05) is 24.5 Å². The molecule has 0 saturated carbocycles. The molecule has 1 aliphatic heterocycles. The van der Waals surface area contributed by atoms with Gasteiger partial charge in [0.15, 0.2) is 0 Å². The molecule has 1 heterocycles. The number of ether oxygens (including phenoxy) is 2. The number of benzene rings is 2. The second-order valence-corrected chi connectivity index (χ2v) is 6.55. The van der Waals surface area contributed by atoms with Gasteiger partial charge in [-0.1, -0.05) is 0 Å². The molecule has 0 spiro atoms. The summed E-state index contributed by atoms with van der Waals surface area (Å²) in [4.78, 5) is 59.9. The molecule has 0 aliphatic carbocycles. The predicted molar refractivity (Wildman–Crippen MR) is 108 cm³/mol. The van der Waals surface area contributed by atoms with E-state index < -0.39 is 17.8 Å². The van der Waals surface area contributed by atoms with Crippen LogP contribution in [-0.4, -0.2) is 43.9 Å². The molecule has 160 valence electrons. The van der Waals surface area contributed by atoms with Crippen molar-refractivity contribution in [2.45, 2.75) is 12.8 Å². The van der Waals surface area contributed by atoms with Crippen molar-refractivity contribution in [3.8, 4) is 0 Å². The Morgan fingerprint density at radius 1 is 0.871 bits per heavy atom. The fourth-order valence-electron chi connectivity index (χ4n) is 2.92.